The van der Waals surface area contributed by atoms with Crippen LogP contribution in [-0.4, -0.2) is 24.7 Å². The number of ether oxygens (including phenoxy) is 1. The van der Waals surface area contributed by atoms with E-state index in [1.54, 1.807) is 0 Å². The zero-order chi connectivity index (χ0) is 12.3. The molecule has 3 N–H and O–H groups in total. The molecule has 0 bridgehead atoms. The fraction of sp³-hybridized carbons (Fsp3) is 0.300. The van der Waals surface area contributed by atoms with Gasteiger partial charge >= 0.3 is 5.97 Å². The molecule has 0 aromatic heterocycles. The van der Waals surface area contributed by atoms with Gasteiger partial charge in [0.2, 0.25) is 0 Å². The van der Waals surface area contributed by atoms with E-state index in [1.807, 2.05) is 0 Å². The first-order chi connectivity index (χ1) is 7.52. The molecule has 1 unspecified atom stereocenters. The number of hydrogen-bond acceptors (Lipinski definition) is 3. The Kier molecular flexibility index (Phi) is 4.09. The highest BCUT2D eigenvalue weighted by Gasteiger charge is 2.27. The van der Waals surface area contributed by atoms with Crippen molar-refractivity contribution in [2.75, 3.05) is 13.7 Å². The maximum atomic E-state index is 13.7. The lowest BCUT2D eigenvalue weighted by atomic mass is 9.97. The van der Waals surface area contributed by atoms with Crippen molar-refractivity contribution in [3.63, 3.8) is 0 Å². The Morgan fingerprint density at radius 1 is 1.69 bits per heavy atom. The summed E-state index contributed by atoms with van der Waals surface area (Å²) >= 11 is 5.58. The predicted octanol–water partition coefficient (Wildman–Crippen LogP) is 1.61. The van der Waals surface area contributed by atoms with Crippen LogP contribution in [-0.2, 0) is 4.79 Å². The van der Waals surface area contributed by atoms with Crippen LogP contribution in [0.25, 0.3) is 0 Å². The minimum absolute atomic E-state index is 0.120. The van der Waals surface area contributed by atoms with Crippen LogP contribution >= 0.6 is 11.6 Å². The fourth-order valence-electron chi connectivity index (χ4n) is 1.39. The Hall–Kier alpha value is -1.33. The second-order valence-electron chi connectivity index (χ2n) is 3.10. The van der Waals surface area contributed by atoms with Gasteiger partial charge < -0.3 is 15.6 Å². The van der Waals surface area contributed by atoms with Gasteiger partial charge in [-0.3, -0.25) is 4.79 Å². The molecule has 1 atom stereocenters. The molecular weight excluding hydrogens is 237 g/mol. The third-order valence-corrected chi connectivity index (χ3v) is 2.49. The molecule has 0 amide bonds. The van der Waals surface area contributed by atoms with Gasteiger partial charge in [-0.2, -0.15) is 0 Å². The highest BCUT2D eigenvalue weighted by atomic mass is 35.5. The summed E-state index contributed by atoms with van der Waals surface area (Å²) in [6.07, 6.45) is 0. The van der Waals surface area contributed by atoms with Gasteiger partial charge in [0.05, 0.1) is 12.1 Å². The molecule has 0 radical (unpaired) electrons. The molecule has 0 heterocycles. The second-order valence-corrected chi connectivity index (χ2v) is 3.51. The fourth-order valence-corrected chi connectivity index (χ4v) is 1.56. The molecule has 0 spiro atoms. The molecule has 0 fully saturated rings. The lowest BCUT2D eigenvalue weighted by Gasteiger charge is -2.15. The minimum atomic E-state index is -1.22. The molecule has 0 aliphatic heterocycles. The number of hydrogen-bond donors (Lipinski definition) is 2. The third kappa shape index (κ3) is 2.25. The summed E-state index contributed by atoms with van der Waals surface area (Å²) in [5, 5.41) is 8.76. The molecule has 4 nitrogen and oxygen atoms in total. The third-order valence-electron chi connectivity index (χ3n) is 2.19. The van der Waals surface area contributed by atoms with Gasteiger partial charge in [-0.1, -0.05) is 11.6 Å². The number of aliphatic carboxylic acids is 1. The molecule has 88 valence electrons. The minimum Gasteiger partial charge on any atom is -0.496 e. The number of benzene rings is 1. The van der Waals surface area contributed by atoms with E-state index in [0.29, 0.717) is 0 Å². The number of halogens is 2. The predicted molar refractivity (Wildman–Crippen MR) is 57.4 cm³/mol. The largest absolute Gasteiger partial charge is 0.496 e. The van der Waals surface area contributed by atoms with E-state index in [2.05, 4.69) is 0 Å². The van der Waals surface area contributed by atoms with Gasteiger partial charge in [0.1, 0.15) is 17.5 Å². The molecule has 0 aliphatic rings. The van der Waals surface area contributed by atoms with Crippen LogP contribution in [0.15, 0.2) is 12.1 Å². The van der Waals surface area contributed by atoms with Crippen molar-refractivity contribution in [2.24, 2.45) is 5.73 Å². The van der Waals surface area contributed by atoms with Gasteiger partial charge in [-0.05, 0) is 12.1 Å². The first-order valence-electron chi connectivity index (χ1n) is 4.47. The molecule has 0 saturated heterocycles. The Morgan fingerprint density at radius 2 is 2.31 bits per heavy atom. The monoisotopic (exact) mass is 247 g/mol. The van der Waals surface area contributed by atoms with E-state index < -0.39 is 17.7 Å². The number of rotatable bonds is 4. The van der Waals surface area contributed by atoms with Crippen molar-refractivity contribution in [3.05, 3.63) is 28.5 Å². The summed E-state index contributed by atoms with van der Waals surface area (Å²) in [6.45, 7) is -0.233. The molecule has 0 aliphatic carbocycles. The lowest BCUT2D eigenvalue weighted by Crippen LogP contribution is -2.23. The van der Waals surface area contributed by atoms with E-state index in [1.165, 1.54) is 19.2 Å². The van der Waals surface area contributed by atoms with Crippen molar-refractivity contribution in [1.29, 1.82) is 0 Å². The SMILES string of the molecule is COc1ccc(Cl)c(F)c1C(CN)C(=O)O. The van der Waals surface area contributed by atoms with Crippen LogP contribution in [0.1, 0.15) is 11.5 Å². The van der Waals surface area contributed by atoms with E-state index in [-0.39, 0.29) is 22.9 Å². The van der Waals surface area contributed by atoms with Crippen LogP contribution in [0.3, 0.4) is 0 Å². The van der Waals surface area contributed by atoms with E-state index in [4.69, 9.17) is 27.2 Å². The summed E-state index contributed by atoms with van der Waals surface area (Å²) in [5.41, 5.74) is 5.18. The molecule has 0 saturated carbocycles. The van der Waals surface area contributed by atoms with Crippen molar-refractivity contribution < 1.29 is 19.0 Å². The topological polar surface area (TPSA) is 72.5 Å². The number of nitrogens with two attached hydrogens (primary N) is 1. The molecule has 16 heavy (non-hydrogen) atoms. The average molecular weight is 248 g/mol. The van der Waals surface area contributed by atoms with Crippen molar-refractivity contribution >= 4 is 17.6 Å². The highest BCUT2D eigenvalue weighted by Crippen LogP contribution is 2.33. The number of carboxylic acids is 1. The summed E-state index contributed by atoms with van der Waals surface area (Å²) in [5.74, 6) is -3.07. The van der Waals surface area contributed by atoms with Crippen LogP contribution < -0.4 is 10.5 Å². The maximum absolute atomic E-state index is 13.7. The standard InChI is InChI=1S/C10H11ClFNO3/c1-16-7-3-2-6(11)9(12)8(7)5(4-13)10(14)15/h2-3,5H,4,13H2,1H3,(H,14,15). The van der Waals surface area contributed by atoms with Gasteiger partial charge in [0, 0.05) is 12.1 Å². The Balaban J connectivity index is 3.38. The first kappa shape index (κ1) is 12.7. The van der Waals surface area contributed by atoms with E-state index in [9.17, 15) is 9.18 Å². The van der Waals surface area contributed by atoms with Crippen molar-refractivity contribution in [2.45, 2.75) is 5.92 Å². The number of carbonyl (C=O) groups is 1. The van der Waals surface area contributed by atoms with Crippen LogP contribution in [0.5, 0.6) is 5.75 Å². The van der Waals surface area contributed by atoms with Gasteiger partial charge in [0.25, 0.3) is 0 Å². The molecule has 1 aromatic rings. The normalized spacial score (nSPS) is 12.2. The van der Waals surface area contributed by atoms with Crippen LogP contribution in [0.2, 0.25) is 5.02 Å². The zero-order valence-electron chi connectivity index (χ0n) is 8.54. The van der Waals surface area contributed by atoms with Gasteiger partial charge in [-0.25, -0.2) is 4.39 Å². The summed E-state index contributed by atoms with van der Waals surface area (Å²) in [7, 11) is 1.32. The summed E-state index contributed by atoms with van der Waals surface area (Å²) < 4.78 is 18.6. The first-order valence-corrected chi connectivity index (χ1v) is 4.85. The Labute approximate surface area is 96.8 Å². The smallest absolute Gasteiger partial charge is 0.312 e. The van der Waals surface area contributed by atoms with Crippen LogP contribution in [0, 0.1) is 5.82 Å². The molecular formula is C10H11ClFNO3. The zero-order valence-corrected chi connectivity index (χ0v) is 9.29. The van der Waals surface area contributed by atoms with Crippen LogP contribution in [0.4, 0.5) is 4.39 Å². The van der Waals surface area contributed by atoms with Crippen molar-refractivity contribution in [3.8, 4) is 5.75 Å². The number of carboxylic acid groups (broad SMARTS) is 1. The molecule has 6 heteroatoms. The summed E-state index contributed by atoms with van der Waals surface area (Å²) in [6, 6.07) is 2.71. The van der Waals surface area contributed by atoms with Crippen molar-refractivity contribution in [1.82, 2.24) is 0 Å². The maximum Gasteiger partial charge on any atom is 0.312 e. The lowest BCUT2D eigenvalue weighted by molar-refractivity contribution is -0.138. The summed E-state index contributed by atoms with van der Waals surface area (Å²) in [4.78, 5) is 10.9. The Bertz CT molecular complexity index is 411. The Morgan fingerprint density at radius 3 is 2.75 bits per heavy atom. The molecule has 1 aromatic carbocycles. The van der Waals surface area contributed by atoms with E-state index in [0.717, 1.165) is 0 Å². The van der Waals surface area contributed by atoms with Gasteiger partial charge in [0.15, 0.2) is 0 Å². The average Bonchev–Trinajstić information content (AvgIpc) is 2.25. The second kappa shape index (κ2) is 5.14. The number of methoxy groups -OCH3 is 1. The molecule has 1 rings (SSSR count). The quantitative estimate of drug-likeness (QED) is 0.848. The van der Waals surface area contributed by atoms with E-state index >= 15 is 0 Å². The van der Waals surface area contributed by atoms with Gasteiger partial charge in [-0.15, -0.1) is 0 Å². The highest BCUT2D eigenvalue weighted by molar-refractivity contribution is 6.30.